The fourth-order valence-electron chi connectivity index (χ4n) is 2.29. The predicted octanol–water partition coefficient (Wildman–Crippen LogP) is 1.41. The Morgan fingerprint density at radius 1 is 1.17 bits per heavy atom. The monoisotopic (exact) mass is 332 g/mol. The number of amides is 3. The lowest BCUT2D eigenvalue weighted by molar-refractivity contribution is -0.129. The lowest BCUT2D eigenvalue weighted by Crippen LogP contribution is -2.36. The lowest BCUT2D eigenvalue weighted by Gasteiger charge is -2.15. The fourth-order valence-corrected chi connectivity index (χ4v) is 2.29. The molecule has 3 amide bonds. The Labute approximate surface area is 140 Å². The highest BCUT2D eigenvalue weighted by Crippen LogP contribution is 2.23. The zero-order valence-electron chi connectivity index (χ0n) is 13.7. The van der Waals surface area contributed by atoms with Gasteiger partial charge in [-0.3, -0.25) is 19.3 Å². The molecule has 1 N–H and O–H groups in total. The Bertz CT molecular complexity index is 637. The molecule has 1 aromatic carbocycles. The van der Waals surface area contributed by atoms with Gasteiger partial charge in [0.15, 0.2) is 6.10 Å². The summed E-state index contributed by atoms with van der Waals surface area (Å²) >= 11 is 0. The molecule has 0 aromatic heterocycles. The van der Waals surface area contributed by atoms with Gasteiger partial charge in [0.2, 0.25) is 11.8 Å². The molecule has 0 saturated carbocycles. The Balaban J connectivity index is 2.00. The van der Waals surface area contributed by atoms with Gasteiger partial charge in [-0.1, -0.05) is 6.92 Å². The number of hydrogen-bond donors (Lipinski definition) is 1. The van der Waals surface area contributed by atoms with Crippen LogP contribution in [0.1, 0.15) is 43.5 Å². The Hall–Kier alpha value is -2.70. The van der Waals surface area contributed by atoms with Gasteiger partial charge in [0.1, 0.15) is 0 Å². The molecule has 1 aliphatic heterocycles. The molecule has 24 heavy (non-hydrogen) atoms. The van der Waals surface area contributed by atoms with Crippen molar-refractivity contribution in [3.05, 3.63) is 29.8 Å². The van der Waals surface area contributed by atoms with E-state index < -0.39 is 12.1 Å². The number of hydrogen-bond acceptors (Lipinski definition) is 5. The van der Waals surface area contributed by atoms with Crippen molar-refractivity contribution in [2.75, 3.05) is 11.4 Å². The van der Waals surface area contributed by atoms with Crippen molar-refractivity contribution in [2.24, 2.45) is 0 Å². The maximum absolute atomic E-state index is 12.0. The number of rotatable bonds is 6. The lowest BCUT2D eigenvalue weighted by atomic mass is 10.2. The van der Waals surface area contributed by atoms with Crippen LogP contribution in [0.15, 0.2) is 24.3 Å². The third-order valence-corrected chi connectivity index (χ3v) is 3.62. The minimum atomic E-state index is -0.898. The van der Waals surface area contributed by atoms with E-state index in [0.717, 1.165) is 11.3 Å². The maximum Gasteiger partial charge on any atom is 0.338 e. The number of carbonyl (C=O) groups is 4. The standard InChI is InChI=1S/C17H20N2O5/c1-3-10-18-16(22)11(2)24-17(23)12-4-6-13(7-5-12)19-14(20)8-9-15(19)21/h4-7,11H,3,8-10H2,1-2H3,(H,18,22)/t11-/m1/s1. The zero-order valence-corrected chi connectivity index (χ0v) is 13.7. The van der Waals surface area contributed by atoms with Gasteiger partial charge in [-0.25, -0.2) is 4.79 Å². The summed E-state index contributed by atoms with van der Waals surface area (Å²) in [5.41, 5.74) is 0.667. The minimum Gasteiger partial charge on any atom is -0.449 e. The van der Waals surface area contributed by atoms with E-state index in [-0.39, 0.29) is 36.1 Å². The first-order valence-corrected chi connectivity index (χ1v) is 7.88. The highest BCUT2D eigenvalue weighted by Gasteiger charge is 2.30. The van der Waals surface area contributed by atoms with E-state index >= 15 is 0 Å². The SMILES string of the molecule is CCCNC(=O)[C@@H](C)OC(=O)c1ccc(N2C(=O)CCC2=O)cc1. The van der Waals surface area contributed by atoms with E-state index in [2.05, 4.69) is 5.32 Å². The van der Waals surface area contributed by atoms with Crippen molar-refractivity contribution >= 4 is 29.4 Å². The summed E-state index contributed by atoms with van der Waals surface area (Å²) in [4.78, 5) is 48.2. The molecular weight excluding hydrogens is 312 g/mol. The largest absolute Gasteiger partial charge is 0.449 e. The number of carbonyl (C=O) groups excluding carboxylic acids is 4. The molecule has 0 radical (unpaired) electrons. The highest BCUT2D eigenvalue weighted by atomic mass is 16.5. The third-order valence-electron chi connectivity index (χ3n) is 3.62. The van der Waals surface area contributed by atoms with E-state index in [4.69, 9.17) is 4.74 Å². The van der Waals surface area contributed by atoms with Crippen LogP contribution in [0.4, 0.5) is 5.69 Å². The number of anilines is 1. The van der Waals surface area contributed by atoms with Crippen molar-refractivity contribution in [3.63, 3.8) is 0 Å². The first kappa shape index (κ1) is 17.7. The van der Waals surface area contributed by atoms with Crippen molar-refractivity contribution in [2.45, 2.75) is 39.2 Å². The van der Waals surface area contributed by atoms with Crippen molar-refractivity contribution in [1.82, 2.24) is 5.32 Å². The predicted molar refractivity (Wildman–Crippen MR) is 86.3 cm³/mol. The van der Waals surface area contributed by atoms with Gasteiger partial charge in [0, 0.05) is 19.4 Å². The highest BCUT2D eigenvalue weighted by molar-refractivity contribution is 6.19. The molecule has 0 unspecified atom stereocenters. The number of nitrogens with one attached hydrogen (secondary N) is 1. The van der Waals surface area contributed by atoms with E-state index in [9.17, 15) is 19.2 Å². The summed E-state index contributed by atoms with van der Waals surface area (Å²) in [6, 6.07) is 5.96. The van der Waals surface area contributed by atoms with E-state index in [0.29, 0.717) is 12.2 Å². The van der Waals surface area contributed by atoms with Crippen LogP contribution in [-0.4, -0.2) is 36.3 Å². The summed E-state index contributed by atoms with van der Waals surface area (Å²) in [6.45, 7) is 3.94. The minimum absolute atomic E-state index is 0.201. The number of benzene rings is 1. The van der Waals surface area contributed by atoms with Crippen LogP contribution in [0.25, 0.3) is 0 Å². The zero-order chi connectivity index (χ0) is 17.7. The normalized spacial score (nSPS) is 15.3. The van der Waals surface area contributed by atoms with E-state index in [1.54, 1.807) is 0 Å². The summed E-state index contributed by atoms with van der Waals surface area (Å²) in [5.74, 6) is -1.50. The number of ether oxygens (including phenoxy) is 1. The average Bonchev–Trinajstić information content (AvgIpc) is 2.91. The van der Waals surface area contributed by atoms with Crippen LogP contribution in [0.3, 0.4) is 0 Å². The van der Waals surface area contributed by atoms with Gasteiger partial charge < -0.3 is 10.1 Å². The Morgan fingerprint density at radius 3 is 2.29 bits per heavy atom. The van der Waals surface area contributed by atoms with Crippen molar-refractivity contribution in [1.29, 1.82) is 0 Å². The number of nitrogens with zero attached hydrogens (tertiary/aromatic N) is 1. The van der Waals surface area contributed by atoms with Crippen LogP contribution in [0.2, 0.25) is 0 Å². The topological polar surface area (TPSA) is 92.8 Å². The van der Waals surface area contributed by atoms with Gasteiger partial charge in [0.05, 0.1) is 11.3 Å². The van der Waals surface area contributed by atoms with Crippen LogP contribution in [0, 0.1) is 0 Å². The molecule has 1 heterocycles. The maximum atomic E-state index is 12.0. The molecule has 1 atom stereocenters. The summed E-state index contributed by atoms with van der Waals surface area (Å²) in [6.07, 6.45) is 0.299. The van der Waals surface area contributed by atoms with E-state index in [1.165, 1.54) is 31.2 Å². The number of imide groups is 1. The summed E-state index contributed by atoms with van der Waals surface area (Å²) < 4.78 is 5.10. The van der Waals surface area contributed by atoms with Crippen LogP contribution >= 0.6 is 0 Å². The van der Waals surface area contributed by atoms with Crippen molar-refractivity contribution in [3.8, 4) is 0 Å². The second-order valence-corrected chi connectivity index (χ2v) is 5.51. The molecule has 1 aromatic rings. The Kier molecular flexibility index (Phi) is 5.68. The van der Waals surface area contributed by atoms with Crippen LogP contribution in [-0.2, 0) is 19.1 Å². The van der Waals surface area contributed by atoms with Gasteiger partial charge in [-0.15, -0.1) is 0 Å². The molecule has 1 fully saturated rings. The van der Waals surface area contributed by atoms with E-state index in [1.807, 2.05) is 6.92 Å². The molecule has 7 nitrogen and oxygen atoms in total. The quantitative estimate of drug-likeness (QED) is 0.628. The molecule has 0 spiro atoms. The number of esters is 1. The fraction of sp³-hybridized carbons (Fsp3) is 0.412. The molecule has 7 heteroatoms. The third kappa shape index (κ3) is 3.98. The first-order valence-electron chi connectivity index (χ1n) is 7.88. The van der Waals surface area contributed by atoms with Crippen LogP contribution < -0.4 is 10.2 Å². The molecule has 0 aliphatic carbocycles. The smallest absolute Gasteiger partial charge is 0.338 e. The van der Waals surface area contributed by atoms with Crippen molar-refractivity contribution < 1.29 is 23.9 Å². The molecule has 128 valence electrons. The van der Waals surface area contributed by atoms with Gasteiger partial charge in [0.25, 0.3) is 5.91 Å². The molecular formula is C17H20N2O5. The molecule has 0 bridgehead atoms. The summed E-state index contributed by atoms with van der Waals surface area (Å²) in [5, 5.41) is 2.65. The first-order chi connectivity index (χ1) is 11.4. The molecule has 1 saturated heterocycles. The van der Waals surface area contributed by atoms with Gasteiger partial charge >= 0.3 is 5.97 Å². The second kappa shape index (κ2) is 7.72. The Morgan fingerprint density at radius 2 is 1.75 bits per heavy atom. The van der Waals surface area contributed by atoms with Crippen LogP contribution in [0.5, 0.6) is 0 Å². The second-order valence-electron chi connectivity index (χ2n) is 5.51. The molecule has 2 rings (SSSR count). The summed E-state index contributed by atoms with van der Waals surface area (Å²) in [7, 11) is 0. The van der Waals surface area contributed by atoms with Gasteiger partial charge in [-0.05, 0) is 37.6 Å². The molecule has 1 aliphatic rings. The van der Waals surface area contributed by atoms with Gasteiger partial charge in [-0.2, -0.15) is 0 Å². The average molecular weight is 332 g/mol.